The minimum absolute atomic E-state index is 0.128. The molecule has 1 heterocycles. The molecule has 0 unspecified atom stereocenters. The van der Waals surface area contributed by atoms with E-state index < -0.39 is 0 Å². The lowest BCUT2D eigenvalue weighted by Crippen LogP contribution is -2.13. The molecule has 0 aliphatic carbocycles. The number of carbonyl (C=O) groups excluding carboxylic acids is 1. The van der Waals surface area contributed by atoms with Crippen LogP contribution in [0.4, 0.5) is 5.69 Å². The highest BCUT2D eigenvalue weighted by molar-refractivity contribution is 8.00. The minimum Gasteiger partial charge on any atom is -0.322 e. The van der Waals surface area contributed by atoms with E-state index >= 15 is 0 Å². The topological polar surface area (TPSA) is 72.7 Å². The van der Waals surface area contributed by atoms with Gasteiger partial charge in [-0.3, -0.25) is 4.79 Å². The zero-order chi connectivity index (χ0) is 17.8. The van der Waals surface area contributed by atoms with Crippen molar-refractivity contribution in [3.63, 3.8) is 0 Å². The number of nitrogens with zero attached hydrogens (tertiary/aromatic N) is 4. The van der Waals surface area contributed by atoms with Gasteiger partial charge in [0.05, 0.1) is 5.56 Å². The van der Waals surface area contributed by atoms with Crippen LogP contribution in [0.5, 0.6) is 0 Å². The van der Waals surface area contributed by atoms with Crippen molar-refractivity contribution in [1.82, 2.24) is 20.2 Å². The number of aromatic nitrogens is 4. The third-order valence-corrected chi connectivity index (χ3v) is 4.57. The predicted molar refractivity (Wildman–Crippen MR) is 99.6 cm³/mol. The molecule has 25 heavy (non-hydrogen) atoms. The normalized spacial score (nSPS) is 10.9. The zero-order valence-electron chi connectivity index (χ0n) is 14.3. The van der Waals surface area contributed by atoms with Crippen molar-refractivity contribution >= 4 is 23.4 Å². The Morgan fingerprint density at radius 3 is 2.68 bits per heavy atom. The second kappa shape index (κ2) is 7.48. The molecule has 7 heteroatoms. The van der Waals surface area contributed by atoms with Crippen molar-refractivity contribution in [3.8, 4) is 11.4 Å². The first-order valence-corrected chi connectivity index (χ1v) is 8.82. The van der Waals surface area contributed by atoms with Crippen molar-refractivity contribution in [2.24, 2.45) is 7.05 Å². The van der Waals surface area contributed by atoms with E-state index in [1.54, 1.807) is 23.5 Å². The summed E-state index contributed by atoms with van der Waals surface area (Å²) in [6, 6.07) is 15.1. The van der Waals surface area contributed by atoms with Crippen LogP contribution < -0.4 is 5.32 Å². The summed E-state index contributed by atoms with van der Waals surface area (Å²) in [5.74, 6) is 0.517. The summed E-state index contributed by atoms with van der Waals surface area (Å²) in [4.78, 5) is 13.7. The van der Waals surface area contributed by atoms with E-state index in [2.05, 4.69) is 34.7 Å². The Balaban J connectivity index is 1.84. The van der Waals surface area contributed by atoms with Crippen LogP contribution in [-0.2, 0) is 7.05 Å². The monoisotopic (exact) mass is 353 g/mol. The Hall–Kier alpha value is -2.67. The van der Waals surface area contributed by atoms with Gasteiger partial charge in [-0.05, 0) is 34.7 Å². The van der Waals surface area contributed by atoms with Crippen LogP contribution in [-0.4, -0.2) is 31.4 Å². The van der Waals surface area contributed by atoms with Crippen LogP contribution in [0.15, 0.2) is 53.4 Å². The maximum Gasteiger partial charge on any atom is 0.256 e. The first kappa shape index (κ1) is 17.2. The van der Waals surface area contributed by atoms with E-state index in [9.17, 15) is 4.79 Å². The van der Waals surface area contributed by atoms with E-state index in [4.69, 9.17) is 0 Å². The van der Waals surface area contributed by atoms with Gasteiger partial charge in [-0.15, -0.1) is 16.9 Å². The lowest BCUT2D eigenvalue weighted by molar-refractivity contribution is 0.102. The summed E-state index contributed by atoms with van der Waals surface area (Å²) < 4.78 is 1.59. The molecule has 0 bridgehead atoms. The molecule has 1 amide bonds. The molecule has 0 fully saturated rings. The number of amides is 1. The number of aryl methyl sites for hydroxylation is 1. The second-order valence-electron chi connectivity index (χ2n) is 5.82. The first-order valence-electron chi connectivity index (χ1n) is 7.94. The molecule has 0 atom stereocenters. The standard InChI is InChI=1S/C18H19N5OS/c1-12(2)25-16-10-5-4-9-15(16)18(24)19-14-8-6-7-13(11-14)17-20-21-22-23(17)3/h4-12H,1-3H3,(H,19,24). The van der Waals surface area contributed by atoms with Crippen molar-refractivity contribution in [1.29, 1.82) is 0 Å². The molecule has 0 saturated heterocycles. The average Bonchev–Trinajstić information content (AvgIpc) is 3.01. The molecule has 0 aliphatic heterocycles. The number of thioether (sulfide) groups is 1. The van der Waals surface area contributed by atoms with Gasteiger partial charge in [0.15, 0.2) is 5.82 Å². The Bertz CT molecular complexity index is 890. The minimum atomic E-state index is -0.128. The quantitative estimate of drug-likeness (QED) is 0.709. The van der Waals surface area contributed by atoms with Crippen LogP contribution in [0.2, 0.25) is 0 Å². The van der Waals surface area contributed by atoms with Gasteiger partial charge < -0.3 is 5.32 Å². The molecular weight excluding hydrogens is 334 g/mol. The summed E-state index contributed by atoms with van der Waals surface area (Å²) in [7, 11) is 1.78. The number of tetrazole rings is 1. The van der Waals surface area contributed by atoms with Gasteiger partial charge in [-0.2, -0.15) is 0 Å². The van der Waals surface area contributed by atoms with Crippen LogP contribution in [0.1, 0.15) is 24.2 Å². The molecule has 3 rings (SSSR count). The fraction of sp³-hybridized carbons (Fsp3) is 0.222. The molecule has 0 aliphatic rings. The van der Waals surface area contributed by atoms with Crippen molar-refractivity contribution < 1.29 is 4.79 Å². The number of hydrogen-bond donors (Lipinski definition) is 1. The van der Waals surface area contributed by atoms with E-state index in [0.29, 0.717) is 22.3 Å². The maximum absolute atomic E-state index is 12.7. The third-order valence-electron chi connectivity index (χ3n) is 3.49. The highest BCUT2D eigenvalue weighted by atomic mass is 32.2. The number of anilines is 1. The van der Waals surface area contributed by atoms with E-state index in [0.717, 1.165) is 10.5 Å². The number of carbonyl (C=O) groups is 1. The zero-order valence-corrected chi connectivity index (χ0v) is 15.1. The van der Waals surface area contributed by atoms with Gasteiger partial charge in [-0.1, -0.05) is 38.1 Å². The fourth-order valence-electron chi connectivity index (χ4n) is 2.42. The summed E-state index contributed by atoms with van der Waals surface area (Å²) in [6.07, 6.45) is 0. The molecular formula is C18H19N5OS. The molecule has 3 aromatic rings. The van der Waals surface area contributed by atoms with E-state index in [1.165, 1.54) is 0 Å². The van der Waals surface area contributed by atoms with Gasteiger partial charge in [-0.25, -0.2) is 4.68 Å². The summed E-state index contributed by atoms with van der Waals surface area (Å²) >= 11 is 1.68. The fourth-order valence-corrected chi connectivity index (χ4v) is 3.37. The highest BCUT2D eigenvalue weighted by Gasteiger charge is 2.13. The molecule has 0 radical (unpaired) electrons. The lowest BCUT2D eigenvalue weighted by Gasteiger charge is -2.12. The molecule has 6 nitrogen and oxygen atoms in total. The number of hydrogen-bond acceptors (Lipinski definition) is 5. The third kappa shape index (κ3) is 4.06. The SMILES string of the molecule is CC(C)Sc1ccccc1C(=O)Nc1cccc(-c2nnnn2C)c1. The van der Waals surface area contributed by atoms with Gasteiger partial charge in [0.25, 0.3) is 5.91 Å². The largest absolute Gasteiger partial charge is 0.322 e. The Morgan fingerprint density at radius 2 is 1.96 bits per heavy atom. The molecule has 128 valence electrons. The Labute approximate surface area is 150 Å². The highest BCUT2D eigenvalue weighted by Crippen LogP contribution is 2.27. The van der Waals surface area contributed by atoms with Crippen molar-refractivity contribution in [3.05, 3.63) is 54.1 Å². The maximum atomic E-state index is 12.7. The Kier molecular flexibility index (Phi) is 5.14. The van der Waals surface area contributed by atoms with Crippen molar-refractivity contribution in [2.75, 3.05) is 5.32 Å². The molecule has 1 N–H and O–H groups in total. The Morgan fingerprint density at radius 1 is 1.16 bits per heavy atom. The summed E-state index contributed by atoms with van der Waals surface area (Å²) in [5, 5.41) is 14.8. The van der Waals surface area contributed by atoms with Crippen LogP contribution in [0.25, 0.3) is 11.4 Å². The van der Waals surface area contributed by atoms with Gasteiger partial charge in [0, 0.05) is 28.4 Å². The molecule has 1 aromatic heterocycles. The smallest absolute Gasteiger partial charge is 0.256 e. The van der Waals surface area contributed by atoms with E-state index in [-0.39, 0.29) is 5.91 Å². The van der Waals surface area contributed by atoms with Gasteiger partial charge in [0.1, 0.15) is 0 Å². The van der Waals surface area contributed by atoms with Crippen LogP contribution in [0.3, 0.4) is 0 Å². The van der Waals surface area contributed by atoms with Crippen LogP contribution in [0, 0.1) is 0 Å². The predicted octanol–water partition coefficient (Wildman–Crippen LogP) is 3.63. The summed E-state index contributed by atoms with van der Waals surface area (Å²) in [5.41, 5.74) is 2.22. The molecule has 0 spiro atoms. The first-order chi connectivity index (χ1) is 12.0. The summed E-state index contributed by atoms with van der Waals surface area (Å²) in [6.45, 7) is 4.22. The number of benzene rings is 2. The van der Waals surface area contributed by atoms with Gasteiger partial charge in [0.2, 0.25) is 0 Å². The lowest BCUT2D eigenvalue weighted by atomic mass is 10.1. The average molecular weight is 353 g/mol. The molecule has 0 saturated carbocycles. The number of rotatable bonds is 5. The van der Waals surface area contributed by atoms with Crippen molar-refractivity contribution in [2.45, 2.75) is 24.0 Å². The van der Waals surface area contributed by atoms with Gasteiger partial charge >= 0.3 is 0 Å². The molecule has 2 aromatic carbocycles. The second-order valence-corrected chi connectivity index (χ2v) is 7.44. The van der Waals surface area contributed by atoms with E-state index in [1.807, 2.05) is 48.5 Å². The van der Waals surface area contributed by atoms with Crippen LogP contribution >= 0.6 is 11.8 Å². The number of nitrogens with one attached hydrogen (secondary N) is 1.